The van der Waals surface area contributed by atoms with Gasteiger partial charge in [0.25, 0.3) is 0 Å². The molecule has 0 aliphatic rings. The fourth-order valence-corrected chi connectivity index (χ4v) is 0. The molecule has 0 saturated carbocycles. The van der Waals surface area contributed by atoms with E-state index in [4.69, 9.17) is 0 Å². The van der Waals surface area contributed by atoms with Crippen LogP contribution in [0, 0.1) is 0 Å². The average molecular weight is 130 g/mol. The van der Waals surface area contributed by atoms with Crippen molar-refractivity contribution >= 4 is 71.7 Å². The van der Waals surface area contributed by atoms with Crippen molar-refractivity contribution in [2.24, 2.45) is 0 Å². The second-order valence-corrected chi connectivity index (χ2v) is 11.0. The summed E-state index contributed by atoms with van der Waals surface area (Å²) in [7, 11) is 4.25. The molecule has 0 spiro atoms. The molecule has 0 aliphatic carbocycles. The zero-order chi connectivity index (χ0) is 2.71. The molecule has 0 N–H and O–H groups in total. The van der Waals surface area contributed by atoms with Crippen molar-refractivity contribution in [2.45, 2.75) is 0 Å². The Balaban J connectivity index is 0. The summed E-state index contributed by atoms with van der Waals surface area (Å²) in [6.07, 6.45) is 0. The van der Waals surface area contributed by atoms with E-state index in [1.165, 1.54) is 7.89 Å². The van der Waals surface area contributed by atoms with Gasteiger partial charge in [-0.25, -0.2) is 0 Å². The van der Waals surface area contributed by atoms with Gasteiger partial charge in [-0.2, -0.15) is 0 Å². The third-order valence-corrected chi connectivity index (χ3v) is 0. The van der Waals surface area contributed by atoms with Crippen molar-refractivity contribution in [3.05, 3.63) is 0 Å². The maximum Gasteiger partial charge on any atom is 0.381 e. The maximum atomic E-state index is 2.78. The molecule has 0 aromatic carbocycles. The molecule has 1 atom stereocenters. The average Bonchev–Trinajstić information content (AvgIpc) is 0.918. The van der Waals surface area contributed by atoms with Crippen molar-refractivity contribution in [1.82, 2.24) is 0 Å². The summed E-state index contributed by atoms with van der Waals surface area (Å²) >= 11 is 0.472. The minimum Gasteiger partial charge on any atom is -0.271 e. The summed E-state index contributed by atoms with van der Waals surface area (Å²) in [6, 6.07) is 0. The van der Waals surface area contributed by atoms with E-state index in [9.17, 15) is 0 Å². The van der Waals surface area contributed by atoms with Gasteiger partial charge >= 0.3 is 56.8 Å². The third-order valence-electron chi connectivity index (χ3n) is 0. The fraction of sp³-hybridized carbons (Fsp3) is 0. The first-order valence-corrected chi connectivity index (χ1v) is 10.0. The molecule has 4 heavy (non-hydrogen) atoms. The number of hydrogen-bond acceptors (Lipinski definition) is 0. The van der Waals surface area contributed by atoms with Crippen LogP contribution < -0.4 is 0 Å². The molecule has 0 bridgehead atoms. The summed E-state index contributed by atoms with van der Waals surface area (Å²) in [5.41, 5.74) is 0. The van der Waals surface area contributed by atoms with Gasteiger partial charge in [0.1, 0.15) is 0 Å². The molecule has 0 rings (SSSR count). The first kappa shape index (κ1) is 9.83. The summed E-state index contributed by atoms with van der Waals surface area (Å²) in [5, 5.41) is 0. The van der Waals surface area contributed by atoms with Crippen molar-refractivity contribution in [3.8, 4) is 0 Å². The summed E-state index contributed by atoms with van der Waals surface area (Å²) < 4.78 is 0. The van der Waals surface area contributed by atoms with Gasteiger partial charge in [-0.1, -0.05) is 7.89 Å². The Morgan fingerprint density at radius 2 is 1.75 bits per heavy atom. The fourth-order valence-electron chi connectivity index (χ4n) is 0. The van der Waals surface area contributed by atoms with Crippen LogP contribution in [-0.2, 0) is 0 Å². The molecule has 0 heterocycles. The van der Waals surface area contributed by atoms with E-state index in [-0.39, 0.29) is 37.7 Å². The zero-order valence-electron chi connectivity index (χ0n) is 2.28. The molecular formula is H7CaMgPSi. The van der Waals surface area contributed by atoms with Crippen molar-refractivity contribution in [2.75, 3.05) is 0 Å². The minimum atomic E-state index is 0. The Bertz CT molecular complexity index is 8.00. The first-order chi connectivity index (χ1) is 1.41. The normalized spacial score (nSPS) is 3.25. The van der Waals surface area contributed by atoms with Gasteiger partial charge in [0.05, 0.1) is 0 Å². The van der Waals surface area contributed by atoms with Gasteiger partial charge in [-0.15, -0.1) is 0 Å². The molecule has 0 aromatic heterocycles. The molecule has 0 nitrogen and oxygen atoms in total. The van der Waals surface area contributed by atoms with E-state index in [2.05, 4.69) is 7.03 Å². The maximum absolute atomic E-state index is 2.78. The van der Waals surface area contributed by atoms with Crippen LogP contribution in [0.2, 0.25) is 0 Å². The SMILES string of the molecule is [CaH2].[SiH3][Mg][PH2]. The quantitative estimate of drug-likeness (QED) is 0.259. The smallest absolute Gasteiger partial charge is 0.271 e. The van der Waals surface area contributed by atoms with Crippen LogP contribution in [0.3, 0.4) is 0 Å². The Kier molecular flexibility index (Phi) is 22.6. The number of rotatable bonds is 0. The molecule has 20 valence electrons. The van der Waals surface area contributed by atoms with Crippen LogP contribution in [-0.4, -0.2) is 64.7 Å². The molecular weight excluding hydrogens is 123 g/mol. The van der Waals surface area contributed by atoms with Crippen LogP contribution in [0.15, 0.2) is 0 Å². The number of hydrogen-bond donors (Lipinski definition) is 0. The van der Waals surface area contributed by atoms with Crippen LogP contribution in [0.5, 0.6) is 0 Å². The van der Waals surface area contributed by atoms with E-state index in [0.29, 0.717) is 19.1 Å². The Morgan fingerprint density at radius 1 is 1.75 bits per heavy atom. The topological polar surface area (TPSA) is 0 Å². The molecule has 0 aliphatic heterocycles. The molecule has 0 amide bonds. The van der Waals surface area contributed by atoms with Crippen molar-refractivity contribution < 1.29 is 0 Å². The van der Waals surface area contributed by atoms with E-state index >= 15 is 0 Å². The van der Waals surface area contributed by atoms with Crippen LogP contribution in [0.4, 0.5) is 0 Å². The van der Waals surface area contributed by atoms with Gasteiger partial charge in [0.2, 0.25) is 0 Å². The zero-order valence-corrected chi connectivity index (χ0v) is 6.85. The Morgan fingerprint density at radius 3 is 1.75 bits per heavy atom. The van der Waals surface area contributed by atoms with Gasteiger partial charge in [0, 0.05) is 0 Å². The summed E-state index contributed by atoms with van der Waals surface area (Å²) in [5.74, 6) is 0. The van der Waals surface area contributed by atoms with E-state index in [1.54, 1.807) is 0 Å². The third kappa shape index (κ3) is 8.82. The first-order valence-electron chi connectivity index (χ1n) is 1.12. The summed E-state index contributed by atoms with van der Waals surface area (Å²) in [4.78, 5) is 0. The standard InChI is InChI=1S/Ca.Mg.H2P.H3Si.2H/h;;1H2;1H3;;/q;+1;-1;;;. The van der Waals surface area contributed by atoms with E-state index < -0.39 is 0 Å². The Labute approximate surface area is 70.3 Å². The van der Waals surface area contributed by atoms with Crippen LogP contribution in [0.1, 0.15) is 0 Å². The van der Waals surface area contributed by atoms with Crippen molar-refractivity contribution in [3.63, 3.8) is 0 Å². The second kappa shape index (κ2) is 9.18. The minimum absolute atomic E-state index is 0. The predicted octanol–water partition coefficient (Wildman–Crippen LogP) is -2.16. The monoisotopic (exact) mass is 130 g/mol. The largest absolute Gasteiger partial charge is 0.381 e. The summed E-state index contributed by atoms with van der Waals surface area (Å²) in [6.45, 7) is 0. The predicted molar refractivity (Wildman–Crippen MR) is 33.9 cm³/mol. The Hall–Kier alpha value is 2.67. The van der Waals surface area contributed by atoms with Crippen molar-refractivity contribution in [1.29, 1.82) is 0 Å². The van der Waals surface area contributed by atoms with E-state index in [1.807, 2.05) is 0 Å². The molecule has 0 saturated heterocycles. The van der Waals surface area contributed by atoms with Crippen LogP contribution >= 0.6 is 7.03 Å². The van der Waals surface area contributed by atoms with Gasteiger partial charge in [0.15, 0.2) is 0 Å². The van der Waals surface area contributed by atoms with Gasteiger partial charge in [-0.3, -0.25) is 7.03 Å². The van der Waals surface area contributed by atoms with E-state index in [0.717, 1.165) is 0 Å². The molecule has 0 radical (unpaired) electrons. The van der Waals surface area contributed by atoms with Crippen LogP contribution in [0.25, 0.3) is 0 Å². The molecule has 1 unspecified atom stereocenters. The van der Waals surface area contributed by atoms with Gasteiger partial charge in [-0.05, 0) is 0 Å². The molecule has 0 fully saturated rings. The molecule has 0 aromatic rings. The van der Waals surface area contributed by atoms with Gasteiger partial charge < -0.3 is 0 Å². The molecule has 4 heteroatoms. The second-order valence-electron chi connectivity index (χ2n) is 0.408.